The smallest absolute Gasteiger partial charge is 0.248 e. The summed E-state index contributed by atoms with van der Waals surface area (Å²) >= 11 is 3.52. The van der Waals surface area contributed by atoms with Crippen LogP contribution in [0.3, 0.4) is 0 Å². The molecule has 1 aliphatic rings. The molecule has 1 aromatic heterocycles. The number of aromatic nitrogens is 2. The third kappa shape index (κ3) is 4.16. The van der Waals surface area contributed by atoms with Crippen molar-refractivity contribution in [1.29, 1.82) is 0 Å². The molecule has 25 heavy (non-hydrogen) atoms. The lowest BCUT2D eigenvalue weighted by molar-refractivity contribution is -0.132. The Balaban J connectivity index is 0.00000225. The number of nitrogens with zero attached hydrogens (tertiary/aromatic N) is 2. The Morgan fingerprint density at radius 3 is 2.84 bits per heavy atom. The van der Waals surface area contributed by atoms with Gasteiger partial charge in [-0.2, -0.15) is 5.10 Å². The number of benzene rings is 1. The zero-order valence-corrected chi connectivity index (χ0v) is 16.4. The normalized spacial score (nSPS) is 15.9. The summed E-state index contributed by atoms with van der Waals surface area (Å²) in [5.74, 6) is 0.772. The maximum absolute atomic E-state index is 13.0. The van der Waals surface area contributed by atoms with Gasteiger partial charge in [-0.1, -0.05) is 15.9 Å². The molecule has 0 saturated carbocycles. The third-order valence-electron chi connectivity index (χ3n) is 4.49. The Labute approximate surface area is 161 Å². The number of carbonyl (C=O) groups is 1. The molecule has 1 amide bonds. The van der Waals surface area contributed by atoms with E-state index in [2.05, 4.69) is 31.7 Å². The number of nitrogens with one attached hydrogen (secondary N) is 2. The first kappa shape index (κ1) is 19.8. The van der Waals surface area contributed by atoms with E-state index in [-0.39, 0.29) is 18.3 Å². The summed E-state index contributed by atoms with van der Waals surface area (Å²) in [6.07, 6.45) is 5.03. The first-order valence-corrected chi connectivity index (χ1v) is 8.76. The lowest BCUT2D eigenvalue weighted by Gasteiger charge is -2.36. The van der Waals surface area contributed by atoms with Crippen LogP contribution >= 0.6 is 28.3 Å². The Morgan fingerprint density at radius 1 is 1.44 bits per heavy atom. The number of methoxy groups -OCH3 is 1. The first-order valence-electron chi connectivity index (χ1n) is 7.97. The van der Waals surface area contributed by atoms with Crippen molar-refractivity contribution >= 4 is 34.2 Å². The van der Waals surface area contributed by atoms with Gasteiger partial charge in [-0.25, -0.2) is 0 Å². The van der Waals surface area contributed by atoms with E-state index < -0.39 is 5.54 Å². The summed E-state index contributed by atoms with van der Waals surface area (Å²) in [5.41, 5.74) is 0.354. The van der Waals surface area contributed by atoms with Crippen molar-refractivity contribution in [3.05, 3.63) is 46.7 Å². The summed E-state index contributed by atoms with van der Waals surface area (Å²) in [6, 6.07) is 7.59. The second-order valence-corrected chi connectivity index (χ2v) is 6.73. The Bertz CT molecular complexity index is 703. The number of halogens is 2. The lowest BCUT2D eigenvalue weighted by atomic mass is 9.87. The maximum atomic E-state index is 13.0. The molecule has 1 saturated heterocycles. The third-order valence-corrected chi connectivity index (χ3v) is 5.26. The zero-order chi connectivity index (χ0) is 17.0. The van der Waals surface area contributed by atoms with Gasteiger partial charge in [0, 0.05) is 23.4 Å². The largest absolute Gasteiger partial charge is 0.497 e. The summed E-state index contributed by atoms with van der Waals surface area (Å²) in [5, 5.41) is 10.7. The van der Waals surface area contributed by atoms with Crippen molar-refractivity contribution in [1.82, 2.24) is 20.4 Å². The predicted octanol–water partition coefficient (Wildman–Crippen LogP) is 2.47. The molecular formula is C17H22BrClN4O2. The van der Waals surface area contributed by atoms with Crippen LogP contribution in [0.2, 0.25) is 0 Å². The van der Waals surface area contributed by atoms with E-state index in [1.165, 1.54) is 0 Å². The highest BCUT2D eigenvalue weighted by molar-refractivity contribution is 9.10. The summed E-state index contributed by atoms with van der Waals surface area (Å²) in [4.78, 5) is 13.0. The van der Waals surface area contributed by atoms with Gasteiger partial charge in [0.05, 0.1) is 7.11 Å². The first-order chi connectivity index (χ1) is 11.7. The highest BCUT2D eigenvalue weighted by Gasteiger charge is 2.41. The van der Waals surface area contributed by atoms with Gasteiger partial charge in [-0.15, -0.1) is 12.4 Å². The van der Waals surface area contributed by atoms with Crippen LogP contribution in [0, 0.1) is 0 Å². The zero-order valence-electron chi connectivity index (χ0n) is 14.0. The molecule has 0 radical (unpaired) electrons. The fourth-order valence-corrected chi connectivity index (χ4v) is 3.46. The number of rotatable bonds is 5. The summed E-state index contributed by atoms with van der Waals surface area (Å²) in [7, 11) is 1.63. The summed E-state index contributed by atoms with van der Waals surface area (Å²) in [6.45, 7) is 2.04. The molecule has 2 heterocycles. The van der Waals surface area contributed by atoms with Gasteiger partial charge >= 0.3 is 0 Å². The van der Waals surface area contributed by atoms with Crippen LogP contribution in [0.15, 0.2) is 41.1 Å². The van der Waals surface area contributed by atoms with E-state index in [0.29, 0.717) is 6.54 Å². The highest BCUT2D eigenvalue weighted by atomic mass is 79.9. The van der Waals surface area contributed by atoms with Crippen molar-refractivity contribution in [2.24, 2.45) is 0 Å². The van der Waals surface area contributed by atoms with Crippen molar-refractivity contribution in [3.63, 3.8) is 0 Å². The van der Waals surface area contributed by atoms with Crippen LogP contribution in [0.4, 0.5) is 0 Å². The molecule has 0 aliphatic carbocycles. The second-order valence-electron chi connectivity index (χ2n) is 5.87. The van der Waals surface area contributed by atoms with Crippen molar-refractivity contribution in [3.8, 4) is 5.75 Å². The van der Waals surface area contributed by atoms with Crippen LogP contribution in [-0.4, -0.2) is 35.9 Å². The van der Waals surface area contributed by atoms with Crippen LogP contribution in [0.5, 0.6) is 5.75 Å². The molecule has 2 aromatic rings. The van der Waals surface area contributed by atoms with Crippen LogP contribution < -0.4 is 15.4 Å². The van der Waals surface area contributed by atoms with E-state index >= 15 is 0 Å². The van der Waals surface area contributed by atoms with Crippen LogP contribution in [0.25, 0.3) is 0 Å². The fourth-order valence-electron chi connectivity index (χ4n) is 3.08. The molecular weight excluding hydrogens is 408 g/mol. The number of piperidine rings is 1. The predicted molar refractivity (Wildman–Crippen MR) is 102 cm³/mol. The Morgan fingerprint density at radius 2 is 2.20 bits per heavy atom. The second kappa shape index (κ2) is 8.69. The molecule has 1 aromatic carbocycles. The molecule has 0 spiro atoms. The minimum Gasteiger partial charge on any atom is -0.497 e. The number of amides is 1. The average Bonchev–Trinajstić information content (AvgIpc) is 3.16. The van der Waals surface area contributed by atoms with Crippen LogP contribution in [0.1, 0.15) is 18.4 Å². The van der Waals surface area contributed by atoms with E-state index in [1.54, 1.807) is 18.0 Å². The molecule has 6 nitrogen and oxygen atoms in total. The van der Waals surface area contributed by atoms with Gasteiger partial charge in [0.15, 0.2) is 0 Å². The average molecular weight is 430 g/mol. The molecule has 2 N–H and O–H groups in total. The van der Waals surface area contributed by atoms with Gasteiger partial charge < -0.3 is 15.4 Å². The minimum atomic E-state index is -0.625. The van der Waals surface area contributed by atoms with Gasteiger partial charge in [-0.05, 0) is 55.8 Å². The van der Waals surface area contributed by atoms with E-state index in [4.69, 9.17) is 4.74 Å². The Hall–Kier alpha value is -1.57. The molecule has 1 aliphatic heterocycles. The quantitative estimate of drug-likeness (QED) is 0.766. The highest BCUT2D eigenvalue weighted by Crippen LogP contribution is 2.28. The van der Waals surface area contributed by atoms with E-state index in [1.807, 2.05) is 30.5 Å². The molecule has 136 valence electrons. The molecule has 3 rings (SSSR count). The molecule has 0 bridgehead atoms. The topological polar surface area (TPSA) is 68.2 Å². The maximum Gasteiger partial charge on any atom is 0.248 e. The number of hydrogen-bond acceptors (Lipinski definition) is 4. The van der Waals surface area contributed by atoms with Crippen LogP contribution in [-0.2, 0) is 16.9 Å². The SMILES string of the molecule is COc1ccc(Br)c(CNC(=O)C2(n3cccn3)CCNCC2)c1.Cl. The molecule has 1 fully saturated rings. The monoisotopic (exact) mass is 428 g/mol. The number of ether oxygens (including phenoxy) is 1. The van der Waals surface area contributed by atoms with E-state index in [9.17, 15) is 4.79 Å². The lowest BCUT2D eigenvalue weighted by Crippen LogP contribution is -2.54. The molecule has 0 unspecified atom stereocenters. The minimum absolute atomic E-state index is 0. The standard InChI is InChI=1S/C17H21BrN4O2.ClH/c1-24-14-3-4-15(18)13(11-14)12-20-16(23)17(5-8-19-9-6-17)22-10-2-7-21-22;/h2-4,7,10-11,19H,5-6,8-9,12H2,1H3,(H,20,23);1H. The number of hydrogen-bond donors (Lipinski definition) is 2. The Kier molecular flexibility index (Phi) is 6.87. The fraction of sp³-hybridized carbons (Fsp3) is 0.412. The molecule has 8 heteroatoms. The van der Waals surface area contributed by atoms with Crippen molar-refractivity contribution in [2.75, 3.05) is 20.2 Å². The number of carbonyl (C=O) groups excluding carboxylic acids is 1. The van der Waals surface area contributed by atoms with Gasteiger partial charge in [0.2, 0.25) is 5.91 Å². The summed E-state index contributed by atoms with van der Waals surface area (Å²) < 4.78 is 8.00. The van der Waals surface area contributed by atoms with Gasteiger partial charge in [-0.3, -0.25) is 9.48 Å². The van der Waals surface area contributed by atoms with Gasteiger partial charge in [0.1, 0.15) is 11.3 Å². The molecule has 0 atom stereocenters. The van der Waals surface area contributed by atoms with E-state index in [0.717, 1.165) is 41.7 Å². The van der Waals surface area contributed by atoms with Gasteiger partial charge in [0.25, 0.3) is 0 Å². The van der Waals surface area contributed by atoms with Crippen molar-refractivity contribution in [2.45, 2.75) is 24.9 Å². The van der Waals surface area contributed by atoms with Crippen molar-refractivity contribution < 1.29 is 9.53 Å².